The summed E-state index contributed by atoms with van der Waals surface area (Å²) in [4.78, 5) is 41.9. The molecule has 0 bridgehead atoms. The van der Waals surface area contributed by atoms with Gasteiger partial charge in [-0.25, -0.2) is 0 Å². The first kappa shape index (κ1) is 31.2. The molecule has 1 unspecified atom stereocenters. The number of nitrogens with zero attached hydrogens (tertiary/aromatic N) is 1. The molecule has 1 fully saturated rings. The van der Waals surface area contributed by atoms with Crippen molar-refractivity contribution in [3.63, 3.8) is 0 Å². The van der Waals surface area contributed by atoms with E-state index >= 15 is 0 Å². The van der Waals surface area contributed by atoms with Gasteiger partial charge in [-0.1, -0.05) is 13.8 Å². The highest BCUT2D eigenvalue weighted by Crippen LogP contribution is 2.54. The number of hydrogen-bond acceptors (Lipinski definition) is 9. The lowest BCUT2D eigenvalue weighted by atomic mass is 9.58. The average molecular weight is 607 g/mol. The highest BCUT2D eigenvalue weighted by molar-refractivity contribution is 6.25. The molecule has 0 saturated carbocycles. The molecule has 9 nitrogen and oxygen atoms in total. The first-order chi connectivity index (χ1) is 20.2. The summed E-state index contributed by atoms with van der Waals surface area (Å²) in [7, 11) is 0. The molecule has 1 aromatic rings. The zero-order valence-corrected chi connectivity index (χ0v) is 24.3. The van der Waals surface area contributed by atoms with Crippen LogP contribution in [0.25, 0.3) is 0 Å². The third kappa shape index (κ3) is 4.69. The summed E-state index contributed by atoms with van der Waals surface area (Å²) in [6.45, 7) is 6.09. The number of aliphatic hydroxyl groups excluding tert-OH is 2. The molecule has 234 valence electrons. The molecule has 43 heavy (non-hydrogen) atoms. The SMILES string of the molecule is CCCN(CCC)[C@@H]1C(O)=C(C(C)=O)C(=O)[C@@]2(O)C(O)=C3C(=O)c4c(O)cc(C5CCCN5)c(C(F)(F)F)c4C[C@H]3C[C@@H]12. The van der Waals surface area contributed by atoms with E-state index in [1.54, 1.807) is 4.90 Å². The van der Waals surface area contributed by atoms with E-state index in [2.05, 4.69) is 5.32 Å². The fourth-order valence-electron chi connectivity index (χ4n) is 7.80. The van der Waals surface area contributed by atoms with Gasteiger partial charge in [-0.15, -0.1) is 0 Å². The van der Waals surface area contributed by atoms with E-state index in [0.717, 1.165) is 13.0 Å². The van der Waals surface area contributed by atoms with Crippen molar-refractivity contribution in [3.8, 4) is 5.75 Å². The lowest BCUT2D eigenvalue weighted by molar-refractivity contribution is -0.149. The van der Waals surface area contributed by atoms with Gasteiger partial charge in [0.05, 0.1) is 17.2 Å². The van der Waals surface area contributed by atoms with E-state index in [9.17, 15) is 48.0 Å². The molecule has 5 atom stereocenters. The number of benzene rings is 1. The topological polar surface area (TPSA) is 147 Å². The summed E-state index contributed by atoms with van der Waals surface area (Å²) < 4.78 is 44.1. The molecule has 0 spiro atoms. The summed E-state index contributed by atoms with van der Waals surface area (Å²) in [6.07, 6.45) is -3.24. The monoisotopic (exact) mass is 606 g/mol. The maximum Gasteiger partial charge on any atom is 0.417 e. The highest BCUT2D eigenvalue weighted by atomic mass is 19.4. The van der Waals surface area contributed by atoms with Gasteiger partial charge in [-0.2, -0.15) is 13.2 Å². The molecule has 3 aliphatic carbocycles. The van der Waals surface area contributed by atoms with Crippen LogP contribution in [0, 0.1) is 11.8 Å². The van der Waals surface area contributed by atoms with Crippen LogP contribution < -0.4 is 5.32 Å². The van der Waals surface area contributed by atoms with Gasteiger partial charge in [-0.05, 0) is 88.2 Å². The van der Waals surface area contributed by atoms with Gasteiger partial charge in [-0.3, -0.25) is 19.3 Å². The number of nitrogens with one attached hydrogen (secondary N) is 1. The molecule has 4 aliphatic rings. The van der Waals surface area contributed by atoms with Crippen molar-refractivity contribution in [1.82, 2.24) is 10.2 Å². The third-order valence-corrected chi connectivity index (χ3v) is 9.44. The number of phenolic OH excluding ortho intramolecular Hbond substituents is 1. The maximum atomic E-state index is 14.7. The molecule has 1 heterocycles. The van der Waals surface area contributed by atoms with Crippen LogP contribution in [-0.2, 0) is 22.2 Å². The van der Waals surface area contributed by atoms with Gasteiger partial charge in [0, 0.05) is 17.5 Å². The fraction of sp³-hybridized carbons (Fsp3) is 0.581. The molecule has 1 aromatic carbocycles. The zero-order chi connectivity index (χ0) is 31.6. The Morgan fingerprint density at radius 1 is 1.14 bits per heavy atom. The largest absolute Gasteiger partial charge is 0.510 e. The molecule has 0 amide bonds. The van der Waals surface area contributed by atoms with Crippen LogP contribution in [0.15, 0.2) is 28.7 Å². The summed E-state index contributed by atoms with van der Waals surface area (Å²) >= 11 is 0. The van der Waals surface area contributed by atoms with Crippen molar-refractivity contribution < 1.29 is 48.0 Å². The number of carbonyl (C=O) groups is 3. The van der Waals surface area contributed by atoms with E-state index in [-0.39, 0.29) is 12.0 Å². The predicted molar refractivity (Wildman–Crippen MR) is 149 cm³/mol. The molecular formula is C31H37F3N2O7. The maximum absolute atomic E-state index is 14.7. The van der Waals surface area contributed by atoms with Crippen LogP contribution in [0.3, 0.4) is 0 Å². The van der Waals surface area contributed by atoms with Gasteiger partial charge >= 0.3 is 6.18 Å². The lowest BCUT2D eigenvalue weighted by Gasteiger charge is -2.51. The summed E-state index contributed by atoms with van der Waals surface area (Å²) in [6, 6.07) is -0.857. The van der Waals surface area contributed by atoms with Crippen LogP contribution in [0.2, 0.25) is 0 Å². The second-order valence-electron chi connectivity index (χ2n) is 12.1. The number of aliphatic hydroxyl groups is 3. The number of phenols is 1. The molecule has 1 aliphatic heterocycles. The Morgan fingerprint density at radius 2 is 1.79 bits per heavy atom. The minimum Gasteiger partial charge on any atom is -0.510 e. The van der Waals surface area contributed by atoms with Crippen LogP contribution in [0.5, 0.6) is 5.75 Å². The quantitative estimate of drug-likeness (QED) is 0.288. The molecule has 12 heteroatoms. The Balaban J connectivity index is 1.74. The van der Waals surface area contributed by atoms with Gasteiger partial charge in [0.25, 0.3) is 0 Å². The van der Waals surface area contributed by atoms with Crippen molar-refractivity contribution in [3.05, 3.63) is 51.0 Å². The zero-order valence-electron chi connectivity index (χ0n) is 24.3. The standard InChI is InChI=1S/C31H37F3N2O7/c1-4-9-36(10-5-2)25-18-12-15-11-17-23(20(38)13-16(19-7-6-8-35-19)24(17)31(32,33)34)26(39)22(15)29(42)30(18,43)28(41)21(14(3)37)27(25)40/h13,15,18-19,25,35,38,40,42-43H,4-12H2,1-3H3/t15-,18-,19?,25-,30+/m0/s1. The Morgan fingerprint density at radius 3 is 2.33 bits per heavy atom. The average Bonchev–Trinajstić information content (AvgIpc) is 3.45. The minimum atomic E-state index is -4.86. The molecule has 0 aromatic heterocycles. The second-order valence-corrected chi connectivity index (χ2v) is 12.1. The number of ketones is 3. The first-order valence-electron chi connectivity index (χ1n) is 14.8. The fourth-order valence-corrected chi connectivity index (χ4v) is 7.80. The molecule has 1 saturated heterocycles. The molecule has 0 radical (unpaired) electrons. The number of halogens is 3. The number of alkyl halides is 3. The third-order valence-electron chi connectivity index (χ3n) is 9.44. The number of fused-ring (bicyclic) bond motifs is 3. The van der Waals surface area contributed by atoms with Gasteiger partial charge < -0.3 is 25.7 Å². The number of rotatable bonds is 7. The van der Waals surface area contributed by atoms with Crippen LogP contribution in [-0.4, -0.2) is 74.0 Å². The van der Waals surface area contributed by atoms with Crippen LogP contribution in [0.4, 0.5) is 13.2 Å². The van der Waals surface area contributed by atoms with Crippen molar-refractivity contribution >= 4 is 17.3 Å². The van der Waals surface area contributed by atoms with Crippen molar-refractivity contribution in [2.24, 2.45) is 11.8 Å². The van der Waals surface area contributed by atoms with Crippen molar-refractivity contribution in [2.75, 3.05) is 19.6 Å². The smallest absolute Gasteiger partial charge is 0.417 e. The highest BCUT2D eigenvalue weighted by Gasteiger charge is 2.63. The van der Waals surface area contributed by atoms with Gasteiger partial charge in [0.15, 0.2) is 17.2 Å². The number of Topliss-reactive ketones (excluding diaryl/α,β-unsaturated/α-hetero) is 3. The molecular weight excluding hydrogens is 569 g/mol. The van der Waals surface area contributed by atoms with Crippen LogP contribution in [0.1, 0.15) is 86.0 Å². The molecule has 5 N–H and O–H groups in total. The van der Waals surface area contributed by atoms with Crippen molar-refractivity contribution in [2.45, 2.75) is 83.2 Å². The van der Waals surface area contributed by atoms with E-state index in [4.69, 9.17) is 0 Å². The number of carbonyl (C=O) groups excluding carboxylic acids is 3. The summed E-state index contributed by atoms with van der Waals surface area (Å²) in [5.74, 6) is -7.85. The van der Waals surface area contributed by atoms with E-state index < -0.39 is 105 Å². The summed E-state index contributed by atoms with van der Waals surface area (Å²) in [5.41, 5.74) is -6.13. The number of hydrogen-bond donors (Lipinski definition) is 5. The van der Waals surface area contributed by atoms with E-state index in [1.807, 2.05) is 13.8 Å². The summed E-state index contributed by atoms with van der Waals surface area (Å²) in [5, 5.41) is 48.8. The predicted octanol–water partition coefficient (Wildman–Crippen LogP) is 4.23. The van der Waals surface area contributed by atoms with E-state index in [1.165, 1.54) is 0 Å². The van der Waals surface area contributed by atoms with Gasteiger partial charge in [0.2, 0.25) is 5.78 Å². The Bertz CT molecular complexity index is 1440. The first-order valence-corrected chi connectivity index (χ1v) is 14.8. The Labute approximate surface area is 247 Å². The van der Waals surface area contributed by atoms with Gasteiger partial charge in [0.1, 0.15) is 22.8 Å². The lowest BCUT2D eigenvalue weighted by Crippen LogP contribution is -2.64. The number of allylic oxidation sites excluding steroid dienone is 1. The minimum absolute atomic E-state index is 0.160. The normalized spacial score (nSPS) is 29.2. The Kier molecular flexibility index (Phi) is 8.02. The molecule has 5 rings (SSSR count). The van der Waals surface area contributed by atoms with Crippen LogP contribution >= 0.6 is 0 Å². The second kappa shape index (κ2) is 11.0. The van der Waals surface area contributed by atoms with Crippen molar-refractivity contribution in [1.29, 1.82) is 0 Å². The Hall–Kier alpha value is -3.22. The number of aromatic hydroxyl groups is 1. The van der Waals surface area contributed by atoms with E-state index in [0.29, 0.717) is 45.3 Å².